The van der Waals surface area contributed by atoms with Gasteiger partial charge in [0.15, 0.2) is 0 Å². The second-order valence-corrected chi connectivity index (χ2v) is 12.3. The Kier molecular flexibility index (Phi) is 7.45. The van der Waals surface area contributed by atoms with Crippen LogP contribution in [0.3, 0.4) is 0 Å². The molecular weight excluding hydrogens is 644 g/mol. The molecule has 7 rings (SSSR count). The Morgan fingerprint density at radius 2 is 1.53 bits per heavy atom. The number of carbonyl (C=O) groups excluding carboxylic acids is 4. The lowest BCUT2D eigenvalue weighted by Gasteiger charge is -2.39. The molecule has 240 valence electrons. The van der Waals surface area contributed by atoms with Crippen LogP contribution in [0.25, 0.3) is 0 Å². The van der Waals surface area contributed by atoms with Crippen molar-refractivity contribution in [2.45, 2.75) is 50.6 Å². The van der Waals surface area contributed by atoms with Crippen LogP contribution in [-0.2, 0) is 19.1 Å². The molecule has 45 heavy (non-hydrogen) atoms. The van der Waals surface area contributed by atoms with Gasteiger partial charge < -0.3 is 40.1 Å². The number of benzene rings is 2. The second-order valence-electron chi connectivity index (χ2n) is 11.4. The van der Waals surface area contributed by atoms with E-state index in [9.17, 15) is 19.2 Å². The fourth-order valence-electron chi connectivity index (χ4n) is 7.17. The molecular formula is C32H39BrN6O6. The summed E-state index contributed by atoms with van der Waals surface area (Å²) in [6.07, 6.45) is 0.426. The molecule has 13 heteroatoms. The standard InChI is InChI=1S/C16H20BrN3O3.C16H19N3O3/c1-2-23-16(22)19-7-6-13-11(8-19)10-4-3-5-12(17)15(10)20(13)9-14(18)21;1-2-22-16(21)18-7-6-13-11(8-18)10-4-3-5-12-15(10)19(13)9-14(20)17-12/h3-5,11,13H,2,6-9H2,1H3,(H2,18,21);3-5,11,13H,2,6-9H2,1H3,(H,17,20)/t2*11-,13-/m00/s1/i2*9D2. The Morgan fingerprint density at radius 1 is 0.956 bits per heavy atom. The minimum absolute atomic E-state index is 0.0270. The van der Waals surface area contributed by atoms with Gasteiger partial charge >= 0.3 is 12.2 Å². The van der Waals surface area contributed by atoms with Crippen LogP contribution in [0.15, 0.2) is 40.9 Å². The highest BCUT2D eigenvalue weighted by molar-refractivity contribution is 9.10. The van der Waals surface area contributed by atoms with E-state index in [2.05, 4.69) is 21.2 Å². The van der Waals surface area contributed by atoms with Crippen molar-refractivity contribution in [3.63, 3.8) is 0 Å². The zero-order valence-electron chi connectivity index (χ0n) is 29.1. The molecule has 2 aromatic carbocycles. The maximum atomic E-state index is 12.2. The summed E-state index contributed by atoms with van der Waals surface area (Å²) in [5.74, 6) is -1.80. The van der Waals surface area contributed by atoms with Crippen molar-refractivity contribution in [3.05, 3.63) is 52.0 Å². The molecule has 5 heterocycles. The van der Waals surface area contributed by atoms with E-state index in [0.29, 0.717) is 68.1 Å². The predicted molar refractivity (Wildman–Crippen MR) is 173 cm³/mol. The Hall–Kier alpha value is -4.00. The first-order valence-corrected chi connectivity index (χ1v) is 16.0. The van der Waals surface area contributed by atoms with Crippen molar-refractivity contribution < 1.29 is 34.1 Å². The van der Waals surface area contributed by atoms with Gasteiger partial charge in [0, 0.05) is 54.6 Å². The third-order valence-electron chi connectivity index (χ3n) is 8.93. The highest BCUT2D eigenvalue weighted by atomic mass is 79.9. The van der Waals surface area contributed by atoms with Gasteiger partial charge in [-0.2, -0.15) is 0 Å². The molecule has 2 saturated heterocycles. The van der Waals surface area contributed by atoms with Crippen LogP contribution in [0.2, 0.25) is 0 Å². The van der Waals surface area contributed by atoms with Crippen LogP contribution in [-0.4, -0.2) is 98.3 Å². The van der Waals surface area contributed by atoms with Gasteiger partial charge in [0.2, 0.25) is 11.8 Å². The summed E-state index contributed by atoms with van der Waals surface area (Å²) in [6, 6.07) is 10.8. The number of ether oxygens (including phenoxy) is 2. The van der Waals surface area contributed by atoms with Crippen LogP contribution in [0, 0.1) is 0 Å². The van der Waals surface area contributed by atoms with Crippen LogP contribution in [0.4, 0.5) is 26.7 Å². The summed E-state index contributed by atoms with van der Waals surface area (Å²) < 4.78 is 43.8. The van der Waals surface area contributed by atoms with Gasteiger partial charge in [0.25, 0.3) is 0 Å². The number of anilines is 3. The number of primary amides is 1. The summed E-state index contributed by atoms with van der Waals surface area (Å²) in [4.78, 5) is 54.5. The van der Waals surface area contributed by atoms with E-state index in [4.69, 9.17) is 20.7 Å². The third-order valence-corrected chi connectivity index (χ3v) is 9.57. The molecule has 5 aliphatic heterocycles. The Balaban J connectivity index is 0.000000170. The molecule has 2 fully saturated rings. The van der Waals surface area contributed by atoms with Crippen molar-refractivity contribution >= 4 is 57.0 Å². The first-order chi connectivity index (χ1) is 23.2. The molecule has 3 N–H and O–H groups in total. The summed E-state index contributed by atoms with van der Waals surface area (Å²) in [5, 5.41) is 2.66. The normalized spacial score (nSPS) is 26.7. The monoisotopic (exact) mass is 686 g/mol. The van der Waals surface area contributed by atoms with Gasteiger partial charge in [-0.25, -0.2) is 9.59 Å². The molecule has 0 saturated carbocycles. The topological polar surface area (TPSA) is 138 Å². The molecule has 0 radical (unpaired) electrons. The number of amides is 4. The highest BCUT2D eigenvalue weighted by Crippen LogP contribution is 2.50. The molecule has 4 amide bonds. The lowest BCUT2D eigenvalue weighted by atomic mass is 9.89. The van der Waals surface area contributed by atoms with Gasteiger partial charge in [0.05, 0.1) is 48.8 Å². The van der Waals surface area contributed by atoms with Crippen LogP contribution < -0.4 is 20.9 Å². The molecule has 0 aromatic heterocycles. The quantitative estimate of drug-likeness (QED) is 0.495. The third kappa shape index (κ3) is 5.78. The Bertz CT molecular complexity index is 1680. The van der Waals surface area contributed by atoms with E-state index in [0.717, 1.165) is 16.8 Å². The zero-order chi connectivity index (χ0) is 35.4. The molecule has 4 atom stereocenters. The first kappa shape index (κ1) is 26.2. The largest absolute Gasteiger partial charge is 0.450 e. The number of halogens is 1. The van der Waals surface area contributed by atoms with Gasteiger partial charge in [-0.05, 0) is 65.9 Å². The number of fused-ring (bicyclic) bond motifs is 6. The number of rotatable bonds is 4. The first-order valence-electron chi connectivity index (χ1n) is 17.2. The molecule has 5 aliphatic rings. The molecule has 2 aromatic rings. The number of hydrogen-bond acceptors (Lipinski definition) is 8. The lowest BCUT2D eigenvalue weighted by Crippen LogP contribution is -2.50. The zero-order valence-corrected chi connectivity index (χ0v) is 26.7. The van der Waals surface area contributed by atoms with E-state index in [-0.39, 0.29) is 36.1 Å². The minimum Gasteiger partial charge on any atom is -0.450 e. The molecule has 0 bridgehead atoms. The smallest absolute Gasteiger partial charge is 0.409 e. The maximum Gasteiger partial charge on any atom is 0.409 e. The predicted octanol–water partition coefficient (Wildman–Crippen LogP) is 3.84. The fraction of sp³-hybridized carbons (Fsp3) is 0.500. The molecule has 0 spiro atoms. The molecule has 12 nitrogen and oxygen atoms in total. The van der Waals surface area contributed by atoms with Crippen LogP contribution in [0.1, 0.15) is 55.1 Å². The summed E-state index contributed by atoms with van der Waals surface area (Å²) in [5.41, 5.74) is 9.25. The highest BCUT2D eigenvalue weighted by Gasteiger charge is 2.46. The van der Waals surface area contributed by atoms with E-state index in [1.165, 1.54) is 4.90 Å². The summed E-state index contributed by atoms with van der Waals surface area (Å²) in [6.45, 7) is 1.60. The number of nitrogens with one attached hydrogen (secondary N) is 1. The Labute approximate surface area is 276 Å². The van der Waals surface area contributed by atoms with Gasteiger partial charge in [0.1, 0.15) is 0 Å². The van der Waals surface area contributed by atoms with Crippen molar-refractivity contribution in [2.75, 3.05) is 67.5 Å². The van der Waals surface area contributed by atoms with Crippen molar-refractivity contribution in [3.8, 4) is 0 Å². The van der Waals surface area contributed by atoms with E-state index in [1.54, 1.807) is 34.6 Å². The Morgan fingerprint density at radius 3 is 2.16 bits per heavy atom. The van der Waals surface area contributed by atoms with Crippen LogP contribution >= 0.6 is 15.9 Å². The number of hydrogen-bond donors (Lipinski definition) is 2. The van der Waals surface area contributed by atoms with E-state index >= 15 is 0 Å². The second kappa shape index (κ2) is 12.8. The van der Waals surface area contributed by atoms with Gasteiger partial charge in [-0.1, -0.05) is 24.3 Å². The molecule has 0 unspecified atom stereocenters. The van der Waals surface area contributed by atoms with Crippen LogP contribution in [0.5, 0.6) is 0 Å². The number of nitrogens with zero attached hydrogens (tertiary/aromatic N) is 4. The van der Waals surface area contributed by atoms with Gasteiger partial charge in [-0.3, -0.25) is 9.59 Å². The van der Waals surface area contributed by atoms with Crippen molar-refractivity contribution in [1.82, 2.24) is 9.80 Å². The van der Waals surface area contributed by atoms with E-state index in [1.807, 2.05) is 30.3 Å². The fourth-order valence-corrected chi connectivity index (χ4v) is 7.75. The van der Waals surface area contributed by atoms with E-state index < -0.39 is 24.8 Å². The lowest BCUT2D eigenvalue weighted by molar-refractivity contribution is -0.117. The summed E-state index contributed by atoms with van der Waals surface area (Å²) >= 11 is 3.47. The maximum absolute atomic E-state index is 12.2. The number of nitrogens with two attached hydrogens (primary N) is 1. The average Bonchev–Trinajstić information content (AvgIpc) is 3.59. The number of para-hydroxylation sites is 2. The summed E-state index contributed by atoms with van der Waals surface area (Å²) in [7, 11) is 0. The number of piperidine rings is 2. The molecule has 0 aliphatic carbocycles. The van der Waals surface area contributed by atoms with Crippen molar-refractivity contribution in [2.24, 2.45) is 5.73 Å². The van der Waals surface area contributed by atoms with Gasteiger partial charge in [-0.15, -0.1) is 0 Å². The number of likely N-dealkylation sites (tertiary alicyclic amines) is 2. The van der Waals surface area contributed by atoms with Crippen molar-refractivity contribution in [1.29, 1.82) is 0 Å². The minimum atomic E-state index is -2.32. The SMILES string of the molecule is [2H]C([2H])(C(N)=O)N1c2c(Br)cccc2[C@@H]2CN(C(=O)OCC)CC[C@@H]21.[2H]C1([2H])C(=O)Nc2cccc3c2N1[C@H]1CCN(C(=O)OCC)C[C@@H]31. The number of carbonyl (C=O) groups is 4. The average molecular weight is 688 g/mol.